The van der Waals surface area contributed by atoms with Crippen LogP contribution in [-0.4, -0.2) is 44.1 Å². The molecule has 0 radical (unpaired) electrons. The van der Waals surface area contributed by atoms with Crippen LogP contribution in [0.2, 0.25) is 0 Å². The van der Waals surface area contributed by atoms with Gasteiger partial charge in [0.2, 0.25) is 0 Å². The standard InChI is InChI=1S/C34H38I4O4/c35-13-1-17-39-31-21-29(22-32(25-31)40-18-2-14-36)11-9-27-5-7-28(8-6-27)10-12-30-23-33(41-19-3-15-37)26-34(24-30)42-20-4-16-38/h5-12,21-26H,1-4,13-20H2/b11-9+,12-10+. The van der Waals surface area contributed by atoms with Crippen LogP contribution in [-0.2, 0) is 0 Å². The van der Waals surface area contributed by atoms with E-state index >= 15 is 0 Å². The first kappa shape index (κ1) is 35.7. The molecule has 0 bridgehead atoms. The van der Waals surface area contributed by atoms with Gasteiger partial charge < -0.3 is 18.9 Å². The van der Waals surface area contributed by atoms with Crippen LogP contribution >= 0.6 is 90.4 Å². The molecule has 0 saturated carbocycles. The van der Waals surface area contributed by atoms with Crippen molar-refractivity contribution in [3.63, 3.8) is 0 Å². The third-order valence-electron chi connectivity index (χ3n) is 5.86. The molecule has 8 heteroatoms. The molecule has 3 aromatic carbocycles. The van der Waals surface area contributed by atoms with Crippen LogP contribution in [0.15, 0.2) is 60.7 Å². The summed E-state index contributed by atoms with van der Waals surface area (Å²) in [6, 6.07) is 20.8. The van der Waals surface area contributed by atoms with Crippen molar-refractivity contribution in [1.82, 2.24) is 0 Å². The highest BCUT2D eigenvalue weighted by molar-refractivity contribution is 14.1. The lowest BCUT2D eigenvalue weighted by Crippen LogP contribution is -2.01. The summed E-state index contributed by atoms with van der Waals surface area (Å²) in [5.74, 6) is 3.41. The second kappa shape index (κ2) is 21.9. The van der Waals surface area contributed by atoms with Crippen molar-refractivity contribution in [3.8, 4) is 23.0 Å². The van der Waals surface area contributed by atoms with Gasteiger partial charge in [0.05, 0.1) is 26.4 Å². The van der Waals surface area contributed by atoms with Crippen molar-refractivity contribution >= 4 is 115 Å². The summed E-state index contributed by atoms with van der Waals surface area (Å²) < 4.78 is 28.3. The highest BCUT2D eigenvalue weighted by Gasteiger charge is 2.04. The average molecular weight is 1020 g/mol. The third-order valence-corrected chi connectivity index (χ3v) is 8.92. The number of alkyl halides is 4. The number of hydrogen-bond donors (Lipinski definition) is 0. The van der Waals surface area contributed by atoms with Crippen LogP contribution in [0.3, 0.4) is 0 Å². The first-order valence-electron chi connectivity index (χ1n) is 14.1. The fourth-order valence-electron chi connectivity index (χ4n) is 3.79. The lowest BCUT2D eigenvalue weighted by Gasteiger charge is -2.11. The van der Waals surface area contributed by atoms with Gasteiger partial charge in [0.15, 0.2) is 0 Å². The first-order valence-corrected chi connectivity index (χ1v) is 20.2. The Hall–Kier alpha value is -0.740. The quantitative estimate of drug-likeness (QED) is 0.0489. The van der Waals surface area contributed by atoms with Crippen molar-refractivity contribution in [1.29, 1.82) is 0 Å². The summed E-state index contributed by atoms with van der Waals surface area (Å²) in [6.45, 7) is 2.84. The SMILES string of the molecule is ICCCOc1cc(/C=C/c2ccc(/C=C/c3cc(OCCCI)cc(OCCCI)c3)cc2)cc(OCCCI)c1. The van der Waals surface area contributed by atoms with E-state index in [4.69, 9.17) is 18.9 Å². The van der Waals surface area contributed by atoms with Gasteiger partial charge in [0, 0.05) is 29.8 Å². The lowest BCUT2D eigenvalue weighted by atomic mass is 10.1. The zero-order valence-corrected chi connectivity index (χ0v) is 32.3. The summed E-state index contributed by atoms with van der Waals surface area (Å²) >= 11 is 9.51. The van der Waals surface area contributed by atoms with Gasteiger partial charge in [0.1, 0.15) is 23.0 Å². The van der Waals surface area contributed by atoms with Gasteiger partial charge in [0.25, 0.3) is 0 Å². The zero-order valence-electron chi connectivity index (χ0n) is 23.7. The largest absolute Gasteiger partial charge is 0.493 e. The van der Waals surface area contributed by atoms with E-state index in [0.717, 1.165) is 88.6 Å². The van der Waals surface area contributed by atoms with Crippen molar-refractivity contribution in [3.05, 3.63) is 82.9 Å². The predicted octanol–water partition coefficient (Wildman–Crippen LogP) is 10.8. The minimum Gasteiger partial charge on any atom is -0.493 e. The molecule has 226 valence electrons. The monoisotopic (exact) mass is 1020 g/mol. The number of benzene rings is 3. The van der Waals surface area contributed by atoms with Crippen molar-refractivity contribution < 1.29 is 18.9 Å². The summed E-state index contributed by atoms with van der Waals surface area (Å²) in [4.78, 5) is 0. The van der Waals surface area contributed by atoms with Gasteiger partial charge >= 0.3 is 0 Å². The minimum absolute atomic E-state index is 0.709. The molecule has 3 aromatic rings. The molecule has 0 spiro atoms. The summed E-state index contributed by atoms with van der Waals surface area (Å²) in [7, 11) is 0. The highest BCUT2D eigenvalue weighted by atomic mass is 127. The number of ether oxygens (including phenoxy) is 4. The fourth-order valence-corrected chi connectivity index (χ4v) is 5.04. The predicted molar refractivity (Wildman–Crippen MR) is 213 cm³/mol. The van der Waals surface area contributed by atoms with Gasteiger partial charge in [-0.05, 0) is 72.2 Å². The smallest absolute Gasteiger partial charge is 0.123 e. The molecule has 42 heavy (non-hydrogen) atoms. The van der Waals surface area contributed by atoms with Gasteiger partial charge in [-0.3, -0.25) is 0 Å². The molecule has 0 unspecified atom stereocenters. The van der Waals surface area contributed by atoms with E-state index in [1.807, 2.05) is 12.1 Å². The molecular weight excluding hydrogens is 980 g/mol. The molecule has 0 fully saturated rings. The summed E-state index contributed by atoms with van der Waals surface area (Å²) in [6.07, 6.45) is 12.6. The van der Waals surface area contributed by atoms with E-state index < -0.39 is 0 Å². The van der Waals surface area contributed by atoms with Gasteiger partial charge in [-0.15, -0.1) is 0 Å². The molecule has 0 aliphatic heterocycles. The first-order chi connectivity index (χ1) is 20.6. The van der Waals surface area contributed by atoms with Crippen LogP contribution in [0, 0.1) is 0 Å². The molecule has 0 amide bonds. The average Bonchev–Trinajstić information content (AvgIpc) is 3.00. The molecule has 4 nitrogen and oxygen atoms in total. The van der Waals surface area contributed by atoms with Crippen molar-refractivity contribution in [2.75, 3.05) is 44.1 Å². The summed E-state index contributed by atoms with van der Waals surface area (Å²) in [5, 5.41) is 0. The molecule has 0 saturated heterocycles. The van der Waals surface area contributed by atoms with Crippen LogP contribution in [0.4, 0.5) is 0 Å². The van der Waals surface area contributed by atoms with Crippen LogP contribution in [0.1, 0.15) is 47.9 Å². The van der Waals surface area contributed by atoms with E-state index in [1.165, 1.54) is 0 Å². The molecule has 0 heterocycles. The zero-order chi connectivity index (χ0) is 29.8. The Bertz CT molecular complexity index is 1090. The van der Waals surface area contributed by atoms with Gasteiger partial charge in [-0.2, -0.15) is 0 Å². The molecule has 0 aliphatic carbocycles. The van der Waals surface area contributed by atoms with Crippen LogP contribution in [0.5, 0.6) is 23.0 Å². The van der Waals surface area contributed by atoms with E-state index in [2.05, 4.69) is 163 Å². The molecule has 0 N–H and O–H groups in total. The minimum atomic E-state index is 0.709. The maximum atomic E-state index is 5.98. The third kappa shape index (κ3) is 14.4. The van der Waals surface area contributed by atoms with E-state index in [0.29, 0.717) is 26.4 Å². The van der Waals surface area contributed by atoms with Crippen molar-refractivity contribution in [2.45, 2.75) is 25.7 Å². The second-order valence-electron chi connectivity index (χ2n) is 9.37. The van der Waals surface area contributed by atoms with Gasteiger partial charge in [-0.1, -0.05) is 139 Å². The normalized spacial score (nSPS) is 11.3. The number of rotatable bonds is 20. The molecular formula is C34H38I4O4. The van der Waals surface area contributed by atoms with Crippen molar-refractivity contribution in [2.24, 2.45) is 0 Å². The van der Waals surface area contributed by atoms with Crippen LogP contribution < -0.4 is 18.9 Å². The Labute approximate surface area is 306 Å². The fraction of sp³-hybridized carbons (Fsp3) is 0.353. The topological polar surface area (TPSA) is 36.9 Å². The molecule has 0 aliphatic rings. The Balaban J connectivity index is 1.69. The molecule has 0 atom stereocenters. The van der Waals surface area contributed by atoms with Crippen LogP contribution in [0.25, 0.3) is 24.3 Å². The molecule has 3 rings (SSSR count). The molecule has 0 aromatic heterocycles. The maximum Gasteiger partial charge on any atom is 0.123 e. The Kier molecular flexibility index (Phi) is 18.6. The Morgan fingerprint density at radius 2 is 0.643 bits per heavy atom. The van der Waals surface area contributed by atoms with Gasteiger partial charge in [-0.25, -0.2) is 0 Å². The van der Waals surface area contributed by atoms with E-state index in [-0.39, 0.29) is 0 Å². The number of hydrogen-bond acceptors (Lipinski definition) is 4. The van der Waals surface area contributed by atoms with E-state index in [9.17, 15) is 0 Å². The Morgan fingerprint density at radius 3 is 0.905 bits per heavy atom. The lowest BCUT2D eigenvalue weighted by molar-refractivity contribution is 0.303. The Morgan fingerprint density at radius 1 is 0.381 bits per heavy atom. The highest BCUT2D eigenvalue weighted by Crippen LogP contribution is 2.27. The summed E-state index contributed by atoms with van der Waals surface area (Å²) in [5.41, 5.74) is 4.39. The number of halogens is 4. The second-order valence-corrected chi connectivity index (χ2v) is 13.7. The van der Waals surface area contributed by atoms with E-state index in [1.54, 1.807) is 0 Å². The maximum absolute atomic E-state index is 5.98.